The van der Waals surface area contributed by atoms with Crippen LogP contribution in [0, 0.1) is 23.0 Å². The number of aldehydes is 1. The summed E-state index contributed by atoms with van der Waals surface area (Å²) in [5.74, 6) is 0.749. The highest BCUT2D eigenvalue weighted by atomic mass is 19.1. The fourth-order valence-corrected chi connectivity index (χ4v) is 5.29. The molecule has 6 aromatic rings. The van der Waals surface area contributed by atoms with Crippen molar-refractivity contribution >= 4 is 17.8 Å². The third kappa shape index (κ3) is 6.48. The number of rotatable bonds is 11. The van der Waals surface area contributed by atoms with Gasteiger partial charge in [0, 0.05) is 36.2 Å². The van der Waals surface area contributed by atoms with Gasteiger partial charge in [-0.2, -0.15) is 10.4 Å². The predicted octanol–water partition coefficient (Wildman–Crippen LogP) is 6.57. The van der Waals surface area contributed by atoms with E-state index in [1.165, 1.54) is 35.0 Å². The van der Waals surface area contributed by atoms with Crippen LogP contribution in [-0.2, 0) is 19.5 Å². The van der Waals surface area contributed by atoms with Crippen LogP contribution >= 0.6 is 0 Å². The monoisotopic (exact) mass is 630 g/mol. The van der Waals surface area contributed by atoms with Gasteiger partial charge in [-0.05, 0) is 53.6 Å². The van der Waals surface area contributed by atoms with Gasteiger partial charge in [-0.25, -0.2) is 23.3 Å². The van der Waals surface area contributed by atoms with E-state index < -0.39 is 11.6 Å². The predicted molar refractivity (Wildman–Crippen MR) is 171 cm³/mol. The molecule has 4 aromatic carbocycles. The second-order valence-corrected chi connectivity index (χ2v) is 10.7. The Kier molecular flexibility index (Phi) is 8.84. The quantitative estimate of drug-likeness (QED) is 0.148. The van der Waals surface area contributed by atoms with Gasteiger partial charge < -0.3 is 14.4 Å². The smallest absolute Gasteiger partial charge is 0.198 e. The molecule has 0 bridgehead atoms. The molecule has 0 saturated carbocycles. The molecule has 0 spiro atoms. The molecule has 0 saturated heterocycles. The van der Waals surface area contributed by atoms with Crippen molar-refractivity contribution in [1.29, 1.82) is 5.26 Å². The maximum Gasteiger partial charge on any atom is 0.198 e. The van der Waals surface area contributed by atoms with Gasteiger partial charge in [-0.15, -0.1) is 0 Å². The van der Waals surface area contributed by atoms with E-state index in [1.54, 1.807) is 26.4 Å². The Morgan fingerprint density at radius 1 is 0.872 bits per heavy atom. The van der Waals surface area contributed by atoms with Gasteiger partial charge in [0.05, 0.1) is 31.7 Å². The zero-order chi connectivity index (χ0) is 32.9. The average molecular weight is 631 g/mol. The zero-order valence-corrected chi connectivity index (χ0v) is 25.5. The summed E-state index contributed by atoms with van der Waals surface area (Å²) < 4.78 is 42.5. The fraction of sp³-hybridized carbons (Fsp3) is 0.139. The van der Waals surface area contributed by atoms with E-state index in [4.69, 9.17) is 19.4 Å². The van der Waals surface area contributed by atoms with Crippen LogP contribution in [0.15, 0.2) is 91.1 Å². The van der Waals surface area contributed by atoms with E-state index in [-0.39, 0.29) is 40.2 Å². The Hall–Kier alpha value is -6.15. The number of carbonyl (C=O) groups is 1. The lowest BCUT2D eigenvalue weighted by molar-refractivity contribution is 0.112. The van der Waals surface area contributed by atoms with Gasteiger partial charge in [-0.3, -0.25) is 4.79 Å². The molecule has 0 radical (unpaired) electrons. The van der Waals surface area contributed by atoms with Crippen molar-refractivity contribution in [3.63, 3.8) is 0 Å². The standard InChI is InChI=1S/C36H28F2N6O3/c1-46-27-13-9-23(10-14-27)19-43(20-24-11-15-28(47-2)16-12-24)35-36-41-33(17-30-26(22-45)6-4-8-31(30)37)42-44(36)21-32(40-35)29-7-3-5-25(18-39)34(29)38/h3-16,21-22H,17,19-20H2,1-2H3. The minimum absolute atomic E-state index is 0.0631. The van der Waals surface area contributed by atoms with E-state index in [0.717, 1.165) is 11.1 Å². The summed E-state index contributed by atoms with van der Waals surface area (Å²) in [5.41, 5.74) is 2.76. The minimum Gasteiger partial charge on any atom is -0.497 e. The number of ether oxygens (including phenoxy) is 2. The first-order chi connectivity index (χ1) is 22.9. The van der Waals surface area contributed by atoms with Crippen LogP contribution in [0.2, 0.25) is 0 Å². The van der Waals surface area contributed by atoms with Crippen molar-refractivity contribution in [3.05, 3.63) is 136 Å². The number of nitrogens with zero attached hydrogens (tertiary/aromatic N) is 6. The lowest BCUT2D eigenvalue weighted by Gasteiger charge is -2.25. The van der Waals surface area contributed by atoms with Crippen molar-refractivity contribution in [2.75, 3.05) is 19.1 Å². The minimum atomic E-state index is -0.716. The summed E-state index contributed by atoms with van der Waals surface area (Å²) in [6.45, 7) is 0.737. The molecule has 2 aromatic heterocycles. The lowest BCUT2D eigenvalue weighted by atomic mass is 10.0. The van der Waals surface area contributed by atoms with Crippen LogP contribution < -0.4 is 14.4 Å². The number of benzene rings is 4. The van der Waals surface area contributed by atoms with Crippen LogP contribution in [-0.4, -0.2) is 40.1 Å². The molecule has 6 rings (SSSR count). The van der Waals surface area contributed by atoms with Crippen molar-refractivity contribution in [3.8, 4) is 28.8 Å². The van der Waals surface area contributed by atoms with E-state index in [9.17, 15) is 14.4 Å². The molecule has 0 unspecified atom stereocenters. The number of anilines is 1. The summed E-state index contributed by atoms with van der Waals surface area (Å²) in [7, 11) is 3.19. The van der Waals surface area contributed by atoms with E-state index in [2.05, 4.69) is 5.10 Å². The van der Waals surface area contributed by atoms with Crippen LogP contribution in [0.5, 0.6) is 11.5 Å². The van der Waals surface area contributed by atoms with Crippen LogP contribution in [0.4, 0.5) is 14.6 Å². The molecular weight excluding hydrogens is 602 g/mol. The molecule has 0 atom stereocenters. The maximum atomic E-state index is 15.5. The summed E-state index contributed by atoms with van der Waals surface area (Å²) in [4.78, 5) is 23.3. The third-order valence-electron chi connectivity index (χ3n) is 7.72. The number of hydrogen-bond donors (Lipinski definition) is 0. The summed E-state index contributed by atoms with van der Waals surface area (Å²) in [5, 5.41) is 14.1. The highest BCUT2D eigenvalue weighted by Crippen LogP contribution is 2.30. The SMILES string of the molecule is COc1ccc(CN(Cc2ccc(OC)cc2)c2nc(-c3cccc(C#N)c3F)cn3nc(Cc4c(F)cccc4C=O)nc23)cc1. The lowest BCUT2D eigenvalue weighted by Crippen LogP contribution is -2.24. The molecular formula is C36H28F2N6O3. The summed E-state index contributed by atoms with van der Waals surface area (Å²) in [6, 6.07) is 25.8. The number of nitriles is 1. The number of carbonyl (C=O) groups excluding carboxylic acids is 1. The Balaban J connectivity index is 1.53. The zero-order valence-electron chi connectivity index (χ0n) is 25.5. The largest absolute Gasteiger partial charge is 0.497 e. The van der Waals surface area contributed by atoms with Crippen molar-refractivity contribution in [2.24, 2.45) is 0 Å². The Labute approximate surface area is 269 Å². The summed E-state index contributed by atoms with van der Waals surface area (Å²) in [6.07, 6.45) is 2.05. The van der Waals surface area contributed by atoms with Crippen molar-refractivity contribution < 1.29 is 23.0 Å². The Morgan fingerprint density at radius 2 is 1.51 bits per heavy atom. The Morgan fingerprint density at radius 3 is 2.11 bits per heavy atom. The van der Waals surface area contributed by atoms with E-state index >= 15 is 4.39 Å². The van der Waals surface area contributed by atoms with Gasteiger partial charge >= 0.3 is 0 Å². The van der Waals surface area contributed by atoms with Gasteiger partial charge in [-0.1, -0.05) is 42.5 Å². The average Bonchev–Trinajstić information content (AvgIpc) is 3.51. The van der Waals surface area contributed by atoms with Crippen LogP contribution in [0.25, 0.3) is 16.9 Å². The maximum absolute atomic E-state index is 15.5. The first kappa shape index (κ1) is 30.9. The highest BCUT2D eigenvalue weighted by molar-refractivity contribution is 5.77. The van der Waals surface area contributed by atoms with Gasteiger partial charge in [0.25, 0.3) is 0 Å². The van der Waals surface area contributed by atoms with Gasteiger partial charge in [0.15, 0.2) is 17.3 Å². The second-order valence-electron chi connectivity index (χ2n) is 10.7. The molecule has 234 valence electrons. The highest BCUT2D eigenvalue weighted by Gasteiger charge is 2.22. The number of hydrogen-bond acceptors (Lipinski definition) is 8. The molecule has 0 aliphatic heterocycles. The molecule has 47 heavy (non-hydrogen) atoms. The molecule has 9 nitrogen and oxygen atoms in total. The Bertz CT molecular complexity index is 2060. The molecule has 0 N–H and O–H groups in total. The van der Waals surface area contributed by atoms with Crippen molar-refractivity contribution in [2.45, 2.75) is 19.5 Å². The normalized spacial score (nSPS) is 10.9. The first-order valence-electron chi connectivity index (χ1n) is 14.6. The van der Waals surface area contributed by atoms with Crippen LogP contribution in [0.1, 0.15) is 38.4 Å². The molecule has 0 aliphatic rings. The molecule has 0 fully saturated rings. The molecule has 0 amide bonds. The van der Waals surface area contributed by atoms with E-state index in [1.807, 2.05) is 59.5 Å². The second kappa shape index (κ2) is 13.5. The summed E-state index contributed by atoms with van der Waals surface area (Å²) >= 11 is 0. The topological polar surface area (TPSA) is 106 Å². The molecule has 2 heterocycles. The van der Waals surface area contributed by atoms with Gasteiger partial charge in [0.2, 0.25) is 0 Å². The number of halogens is 2. The first-order valence-corrected chi connectivity index (χ1v) is 14.6. The molecule has 11 heteroatoms. The van der Waals surface area contributed by atoms with E-state index in [0.29, 0.717) is 42.3 Å². The molecule has 0 aliphatic carbocycles. The fourth-order valence-electron chi connectivity index (χ4n) is 5.29. The van der Waals surface area contributed by atoms with Crippen LogP contribution in [0.3, 0.4) is 0 Å². The number of fused-ring (bicyclic) bond motifs is 1. The van der Waals surface area contributed by atoms with Gasteiger partial charge in [0.1, 0.15) is 35.5 Å². The number of methoxy groups -OCH3 is 2. The number of aromatic nitrogens is 4. The van der Waals surface area contributed by atoms with Crippen molar-refractivity contribution in [1.82, 2.24) is 19.6 Å². The third-order valence-corrected chi connectivity index (χ3v) is 7.72.